The number of aromatic nitrogens is 3. The third kappa shape index (κ3) is 4.02. The van der Waals surface area contributed by atoms with E-state index in [2.05, 4.69) is 25.6 Å². The standard InChI is InChI=1S/C17H16FN5O/c18-12-4-3-5-13(10-12)21-16-11-15(14-6-1-2-7-19-14)22-17(23-16)20-8-9-24/h1-7,10-11,24H,8-9H2,(H2,20,21,22,23). The van der Waals surface area contributed by atoms with Crippen LogP contribution in [0, 0.1) is 5.82 Å². The molecule has 0 fully saturated rings. The Labute approximate surface area is 138 Å². The van der Waals surface area contributed by atoms with Crippen LogP contribution < -0.4 is 10.6 Å². The monoisotopic (exact) mass is 325 g/mol. The zero-order valence-corrected chi connectivity index (χ0v) is 12.8. The first-order valence-corrected chi connectivity index (χ1v) is 7.42. The van der Waals surface area contributed by atoms with Crippen LogP contribution in [0.2, 0.25) is 0 Å². The van der Waals surface area contributed by atoms with Gasteiger partial charge in [0.15, 0.2) is 0 Å². The molecule has 122 valence electrons. The lowest BCUT2D eigenvalue weighted by Gasteiger charge is -2.11. The highest BCUT2D eigenvalue weighted by Gasteiger charge is 2.08. The number of nitrogens with one attached hydrogen (secondary N) is 2. The Balaban J connectivity index is 1.95. The third-order valence-electron chi connectivity index (χ3n) is 3.15. The minimum absolute atomic E-state index is 0.0379. The van der Waals surface area contributed by atoms with Gasteiger partial charge < -0.3 is 15.7 Å². The third-order valence-corrected chi connectivity index (χ3v) is 3.15. The average molecular weight is 325 g/mol. The van der Waals surface area contributed by atoms with Crippen LogP contribution >= 0.6 is 0 Å². The minimum atomic E-state index is -0.336. The van der Waals surface area contributed by atoms with E-state index in [-0.39, 0.29) is 12.4 Å². The van der Waals surface area contributed by atoms with E-state index < -0.39 is 0 Å². The van der Waals surface area contributed by atoms with Crippen molar-refractivity contribution in [1.29, 1.82) is 0 Å². The zero-order valence-electron chi connectivity index (χ0n) is 12.8. The molecule has 2 heterocycles. The summed E-state index contributed by atoms with van der Waals surface area (Å²) in [7, 11) is 0. The molecule has 0 unspecified atom stereocenters. The second-order valence-corrected chi connectivity index (χ2v) is 4.96. The molecule has 2 aromatic heterocycles. The fraction of sp³-hybridized carbons (Fsp3) is 0.118. The van der Waals surface area contributed by atoms with Gasteiger partial charge in [0, 0.05) is 24.5 Å². The molecule has 0 aliphatic heterocycles. The highest BCUT2D eigenvalue weighted by atomic mass is 19.1. The molecule has 24 heavy (non-hydrogen) atoms. The van der Waals surface area contributed by atoms with Gasteiger partial charge in [-0.2, -0.15) is 4.98 Å². The summed E-state index contributed by atoms with van der Waals surface area (Å²) in [4.78, 5) is 13.0. The number of aliphatic hydroxyl groups is 1. The van der Waals surface area contributed by atoms with Gasteiger partial charge in [0.05, 0.1) is 18.0 Å². The van der Waals surface area contributed by atoms with Gasteiger partial charge in [-0.25, -0.2) is 9.37 Å². The normalized spacial score (nSPS) is 10.4. The maximum Gasteiger partial charge on any atom is 0.225 e. The molecule has 0 saturated carbocycles. The van der Waals surface area contributed by atoms with Crippen molar-refractivity contribution in [1.82, 2.24) is 15.0 Å². The zero-order chi connectivity index (χ0) is 16.8. The van der Waals surface area contributed by atoms with E-state index in [9.17, 15) is 4.39 Å². The van der Waals surface area contributed by atoms with Crippen molar-refractivity contribution in [3.8, 4) is 11.4 Å². The number of anilines is 3. The van der Waals surface area contributed by atoms with Crippen molar-refractivity contribution in [2.75, 3.05) is 23.8 Å². The number of nitrogens with zero attached hydrogens (tertiary/aromatic N) is 3. The van der Waals surface area contributed by atoms with E-state index in [1.54, 1.807) is 24.4 Å². The van der Waals surface area contributed by atoms with E-state index >= 15 is 0 Å². The lowest BCUT2D eigenvalue weighted by Crippen LogP contribution is -2.10. The predicted molar refractivity (Wildman–Crippen MR) is 90.5 cm³/mol. The summed E-state index contributed by atoms with van der Waals surface area (Å²) in [6.07, 6.45) is 1.68. The number of benzene rings is 1. The van der Waals surface area contributed by atoms with Crippen LogP contribution in [0.4, 0.5) is 21.8 Å². The summed E-state index contributed by atoms with van der Waals surface area (Å²) in [6.45, 7) is 0.287. The van der Waals surface area contributed by atoms with Gasteiger partial charge in [-0.1, -0.05) is 12.1 Å². The Morgan fingerprint density at radius 3 is 2.67 bits per heavy atom. The summed E-state index contributed by atoms with van der Waals surface area (Å²) < 4.78 is 13.3. The molecule has 0 radical (unpaired) electrons. The maximum atomic E-state index is 13.3. The molecule has 0 aliphatic rings. The molecule has 6 nitrogen and oxygen atoms in total. The van der Waals surface area contributed by atoms with Crippen molar-refractivity contribution in [3.63, 3.8) is 0 Å². The summed E-state index contributed by atoms with van der Waals surface area (Å²) in [6, 6.07) is 13.4. The maximum absolute atomic E-state index is 13.3. The number of halogens is 1. The van der Waals surface area contributed by atoms with E-state index in [0.29, 0.717) is 35.4 Å². The first-order valence-electron chi connectivity index (χ1n) is 7.42. The van der Waals surface area contributed by atoms with Gasteiger partial charge in [-0.15, -0.1) is 0 Å². The Hall–Kier alpha value is -3.06. The molecule has 1 aromatic carbocycles. The fourth-order valence-electron chi connectivity index (χ4n) is 2.12. The second kappa shape index (κ2) is 7.47. The quantitative estimate of drug-likeness (QED) is 0.646. The van der Waals surface area contributed by atoms with E-state index in [4.69, 9.17) is 5.11 Å². The van der Waals surface area contributed by atoms with Gasteiger partial charge in [0.25, 0.3) is 0 Å². The van der Waals surface area contributed by atoms with Crippen molar-refractivity contribution in [2.24, 2.45) is 0 Å². The molecule has 0 saturated heterocycles. The van der Waals surface area contributed by atoms with Gasteiger partial charge in [-0.05, 0) is 30.3 Å². The number of pyridine rings is 1. The van der Waals surface area contributed by atoms with Crippen molar-refractivity contribution in [2.45, 2.75) is 0 Å². The van der Waals surface area contributed by atoms with Crippen LogP contribution in [0.5, 0.6) is 0 Å². The molecule has 0 amide bonds. The topological polar surface area (TPSA) is 83.0 Å². The van der Waals surface area contributed by atoms with Crippen LogP contribution in [-0.2, 0) is 0 Å². The molecule has 0 bridgehead atoms. The minimum Gasteiger partial charge on any atom is -0.395 e. The molecule has 3 rings (SSSR count). The molecular weight excluding hydrogens is 309 g/mol. The highest BCUT2D eigenvalue weighted by Crippen LogP contribution is 2.22. The number of hydrogen-bond acceptors (Lipinski definition) is 6. The summed E-state index contributed by atoms with van der Waals surface area (Å²) in [5.74, 6) is 0.514. The summed E-state index contributed by atoms with van der Waals surface area (Å²) in [5.41, 5.74) is 1.88. The Bertz CT molecular complexity index is 813. The Morgan fingerprint density at radius 2 is 1.92 bits per heavy atom. The molecular formula is C17H16FN5O. The van der Waals surface area contributed by atoms with Crippen LogP contribution in [-0.4, -0.2) is 33.2 Å². The molecule has 0 atom stereocenters. The molecule has 7 heteroatoms. The Kier molecular flexibility index (Phi) is 4.93. The molecule has 0 aliphatic carbocycles. The van der Waals surface area contributed by atoms with E-state index in [1.807, 2.05) is 18.2 Å². The lowest BCUT2D eigenvalue weighted by atomic mass is 10.2. The molecule has 3 aromatic rings. The highest BCUT2D eigenvalue weighted by molar-refractivity contribution is 5.65. The van der Waals surface area contributed by atoms with Crippen LogP contribution in [0.25, 0.3) is 11.4 Å². The van der Waals surface area contributed by atoms with Gasteiger partial charge >= 0.3 is 0 Å². The van der Waals surface area contributed by atoms with Crippen molar-refractivity contribution >= 4 is 17.5 Å². The largest absolute Gasteiger partial charge is 0.395 e. The smallest absolute Gasteiger partial charge is 0.225 e. The fourth-order valence-corrected chi connectivity index (χ4v) is 2.12. The summed E-state index contributed by atoms with van der Waals surface area (Å²) >= 11 is 0. The van der Waals surface area contributed by atoms with E-state index in [0.717, 1.165) is 0 Å². The van der Waals surface area contributed by atoms with Gasteiger partial charge in [0.1, 0.15) is 11.6 Å². The van der Waals surface area contributed by atoms with Crippen molar-refractivity contribution < 1.29 is 9.50 Å². The number of rotatable bonds is 6. The molecule has 0 spiro atoms. The van der Waals surface area contributed by atoms with Gasteiger partial charge in [-0.3, -0.25) is 4.98 Å². The lowest BCUT2D eigenvalue weighted by molar-refractivity contribution is 0.311. The predicted octanol–water partition coefficient (Wildman–Crippen LogP) is 2.83. The van der Waals surface area contributed by atoms with Crippen LogP contribution in [0.15, 0.2) is 54.7 Å². The number of hydrogen-bond donors (Lipinski definition) is 3. The Morgan fingerprint density at radius 1 is 1.00 bits per heavy atom. The van der Waals surface area contributed by atoms with E-state index in [1.165, 1.54) is 12.1 Å². The van der Waals surface area contributed by atoms with Gasteiger partial charge in [0.2, 0.25) is 5.95 Å². The SMILES string of the molecule is OCCNc1nc(Nc2cccc(F)c2)cc(-c2ccccn2)n1. The first-order chi connectivity index (χ1) is 11.7. The number of aliphatic hydroxyl groups excluding tert-OH is 1. The second-order valence-electron chi connectivity index (χ2n) is 4.96. The van der Waals surface area contributed by atoms with Crippen LogP contribution in [0.1, 0.15) is 0 Å². The van der Waals surface area contributed by atoms with Crippen molar-refractivity contribution in [3.05, 3.63) is 60.5 Å². The summed E-state index contributed by atoms with van der Waals surface area (Å²) in [5, 5.41) is 14.9. The molecule has 3 N–H and O–H groups in total. The average Bonchev–Trinajstić information content (AvgIpc) is 2.60. The van der Waals surface area contributed by atoms with Crippen LogP contribution in [0.3, 0.4) is 0 Å². The first kappa shape index (κ1) is 15.8.